The zero-order valence-electron chi connectivity index (χ0n) is 15.3. The first kappa shape index (κ1) is 17.0. The van der Waals surface area contributed by atoms with E-state index in [1.54, 1.807) is 0 Å². The number of aromatic nitrogens is 2. The van der Waals surface area contributed by atoms with Gasteiger partial charge >= 0.3 is 0 Å². The molecule has 0 aliphatic carbocycles. The minimum Gasteiger partial charge on any atom is -0.376 e. The first-order chi connectivity index (χ1) is 12.2. The average molecular weight is 346 g/mol. The first-order valence-electron chi connectivity index (χ1n) is 9.76. The minimum absolute atomic E-state index is 0.0737. The lowest BCUT2D eigenvalue weighted by Gasteiger charge is -2.39. The van der Waals surface area contributed by atoms with Crippen LogP contribution in [0.1, 0.15) is 50.6 Å². The van der Waals surface area contributed by atoms with Crippen LogP contribution in [0.15, 0.2) is 12.5 Å². The van der Waals surface area contributed by atoms with Crippen molar-refractivity contribution < 1.29 is 9.53 Å². The van der Waals surface area contributed by atoms with E-state index < -0.39 is 0 Å². The molecule has 6 nitrogen and oxygen atoms in total. The highest BCUT2D eigenvalue weighted by molar-refractivity contribution is 5.79. The van der Waals surface area contributed by atoms with Crippen LogP contribution in [0.4, 0.5) is 0 Å². The Morgan fingerprint density at radius 3 is 2.96 bits per heavy atom. The van der Waals surface area contributed by atoms with E-state index in [4.69, 9.17) is 4.74 Å². The Morgan fingerprint density at radius 1 is 1.28 bits per heavy atom. The van der Waals surface area contributed by atoms with Crippen molar-refractivity contribution in [2.24, 2.45) is 7.05 Å². The second-order valence-corrected chi connectivity index (χ2v) is 7.99. The van der Waals surface area contributed by atoms with Crippen LogP contribution >= 0.6 is 0 Å². The summed E-state index contributed by atoms with van der Waals surface area (Å²) in [6.45, 7) is 4.78. The predicted octanol–water partition coefficient (Wildman–Crippen LogP) is 1.95. The van der Waals surface area contributed by atoms with Gasteiger partial charge in [0.2, 0.25) is 5.91 Å². The smallest absolute Gasteiger partial charge is 0.223 e. The van der Waals surface area contributed by atoms with Crippen LogP contribution in [0.5, 0.6) is 0 Å². The molecule has 3 saturated heterocycles. The Balaban J connectivity index is 1.42. The molecule has 1 aromatic heterocycles. The summed E-state index contributed by atoms with van der Waals surface area (Å²) in [6, 6.07) is 0. The Kier molecular flexibility index (Phi) is 4.82. The lowest BCUT2D eigenvalue weighted by molar-refractivity contribution is -0.133. The molecule has 4 rings (SSSR count). The van der Waals surface area contributed by atoms with Crippen molar-refractivity contribution in [2.75, 3.05) is 26.2 Å². The Morgan fingerprint density at radius 2 is 2.20 bits per heavy atom. The van der Waals surface area contributed by atoms with Gasteiger partial charge in [-0.05, 0) is 45.1 Å². The number of amides is 1. The number of hydrogen-bond donors (Lipinski definition) is 0. The van der Waals surface area contributed by atoms with Crippen molar-refractivity contribution in [3.05, 3.63) is 18.2 Å². The number of ether oxygens (including phenoxy) is 1. The molecule has 2 atom stereocenters. The fraction of sp³-hybridized carbons (Fsp3) is 0.789. The second-order valence-electron chi connectivity index (χ2n) is 7.99. The van der Waals surface area contributed by atoms with Crippen LogP contribution < -0.4 is 0 Å². The average Bonchev–Trinajstić information content (AvgIpc) is 3.28. The van der Waals surface area contributed by atoms with E-state index in [1.807, 2.05) is 12.5 Å². The van der Waals surface area contributed by atoms with Crippen LogP contribution in [0, 0.1) is 0 Å². The van der Waals surface area contributed by atoms with Crippen LogP contribution in [0.2, 0.25) is 0 Å². The van der Waals surface area contributed by atoms with Gasteiger partial charge in [-0.1, -0.05) is 0 Å². The summed E-state index contributed by atoms with van der Waals surface area (Å²) in [5.41, 5.74) is 1.33. The van der Waals surface area contributed by atoms with Crippen molar-refractivity contribution >= 4 is 5.91 Å². The van der Waals surface area contributed by atoms with Gasteiger partial charge in [-0.2, -0.15) is 0 Å². The van der Waals surface area contributed by atoms with Gasteiger partial charge in [0.15, 0.2) is 0 Å². The summed E-state index contributed by atoms with van der Waals surface area (Å²) in [6.07, 6.45) is 11.4. The molecule has 4 heterocycles. The molecule has 3 aliphatic rings. The summed E-state index contributed by atoms with van der Waals surface area (Å²) >= 11 is 0. The molecule has 0 aromatic carbocycles. The molecule has 3 aliphatic heterocycles. The molecule has 0 saturated carbocycles. The molecule has 0 bridgehead atoms. The van der Waals surface area contributed by atoms with E-state index in [2.05, 4.69) is 26.4 Å². The number of hydrogen-bond acceptors (Lipinski definition) is 4. The van der Waals surface area contributed by atoms with Crippen LogP contribution in [0.25, 0.3) is 0 Å². The SMILES string of the molecule is Cn1cncc1CN1CCC[C@@]2(CCC(=O)N2C[C@H]2CCCO2)CC1. The van der Waals surface area contributed by atoms with E-state index in [0.717, 1.165) is 71.3 Å². The number of carbonyl (C=O) groups excluding carboxylic acids is 1. The summed E-state index contributed by atoms with van der Waals surface area (Å²) in [5, 5.41) is 0. The molecular formula is C19H30N4O2. The van der Waals surface area contributed by atoms with Gasteiger partial charge < -0.3 is 14.2 Å². The third-order valence-corrected chi connectivity index (χ3v) is 6.40. The van der Waals surface area contributed by atoms with Crippen molar-refractivity contribution in [3.63, 3.8) is 0 Å². The highest BCUT2D eigenvalue weighted by Gasteiger charge is 2.46. The Labute approximate surface area is 150 Å². The van der Waals surface area contributed by atoms with E-state index in [1.165, 1.54) is 5.69 Å². The van der Waals surface area contributed by atoms with Gasteiger partial charge in [-0.3, -0.25) is 9.69 Å². The number of aryl methyl sites for hydroxylation is 1. The van der Waals surface area contributed by atoms with E-state index in [0.29, 0.717) is 12.3 Å². The zero-order valence-corrected chi connectivity index (χ0v) is 15.3. The molecule has 0 radical (unpaired) electrons. The van der Waals surface area contributed by atoms with Crippen molar-refractivity contribution in [1.82, 2.24) is 19.4 Å². The summed E-state index contributed by atoms with van der Waals surface area (Å²) in [5.74, 6) is 0.343. The van der Waals surface area contributed by atoms with Gasteiger partial charge in [0.1, 0.15) is 0 Å². The fourth-order valence-electron chi connectivity index (χ4n) is 4.84. The third-order valence-electron chi connectivity index (χ3n) is 6.40. The number of imidazole rings is 1. The predicted molar refractivity (Wildman–Crippen MR) is 95.0 cm³/mol. The lowest BCUT2D eigenvalue weighted by Crippen LogP contribution is -2.49. The van der Waals surface area contributed by atoms with Gasteiger partial charge in [-0.25, -0.2) is 4.98 Å². The van der Waals surface area contributed by atoms with Crippen molar-refractivity contribution in [3.8, 4) is 0 Å². The maximum absolute atomic E-state index is 12.6. The molecule has 1 aromatic rings. The normalized spacial score (nSPS) is 31.2. The van der Waals surface area contributed by atoms with Gasteiger partial charge in [0, 0.05) is 51.4 Å². The zero-order chi connectivity index (χ0) is 17.3. The highest BCUT2D eigenvalue weighted by Crippen LogP contribution is 2.40. The molecule has 138 valence electrons. The quantitative estimate of drug-likeness (QED) is 0.836. The Hall–Kier alpha value is -1.40. The van der Waals surface area contributed by atoms with Crippen molar-refractivity contribution in [2.45, 2.75) is 63.1 Å². The molecule has 1 amide bonds. The number of likely N-dealkylation sites (tertiary alicyclic amines) is 2. The second kappa shape index (κ2) is 7.08. The summed E-state index contributed by atoms with van der Waals surface area (Å²) in [7, 11) is 2.06. The molecule has 3 fully saturated rings. The molecule has 0 unspecified atom stereocenters. The monoisotopic (exact) mass is 346 g/mol. The maximum atomic E-state index is 12.6. The molecule has 1 spiro atoms. The van der Waals surface area contributed by atoms with Gasteiger partial charge in [-0.15, -0.1) is 0 Å². The first-order valence-corrected chi connectivity index (χ1v) is 9.76. The topological polar surface area (TPSA) is 50.6 Å². The van der Waals surface area contributed by atoms with Crippen molar-refractivity contribution in [1.29, 1.82) is 0 Å². The molecular weight excluding hydrogens is 316 g/mol. The summed E-state index contributed by atoms with van der Waals surface area (Å²) in [4.78, 5) is 21.5. The van der Waals surface area contributed by atoms with Crippen LogP contribution in [0.3, 0.4) is 0 Å². The third kappa shape index (κ3) is 3.47. The van der Waals surface area contributed by atoms with Gasteiger partial charge in [0.05, 0.1) is 18.1 Å². The number of carbonyl (C=O) groups is 1. The lowest BCUT2D eigenvalue weighted by atomic mass is 9.87. The largest absolute Gasteiger partial charge is 0.376 e. The molecule has 6 heteroatoms. The van der Waals surface area contributed by atoms with E-state index in [9.17, 15) is 4.79 Å². The standard InChI is InChI=1S/C19H30N4O2/c1-21-15-20-12-16(21)13-22-9-3-6-19(8-10-22)7-5-18(24)23(19)14-17-4-2-11-25-17/h12,15,17H,2-11,13-14H2,1H3/t17-,19-/m1/s1. The minimum atomic E-state index is 0.0737. The van der Waals surface area contributed by atoms with Crippen LogP contribution in [-0.2, 0) is 23.1 Å². The van der Waals surface area contributed by atoms with Gasteiger partial charge in [0.25, 0.3) is 0 Å². The number of nitrogens with zero attached hydrogens (tertiary/aromatic N) is 4. The highest BCUT2D eigenvalue weighted by atomic mass is 16.5. The molecule has 0 N–H and O–H groups in total. The Bertz CT molecular complexity index is 610. The van der Waals surface area contributed by atoms with E-state index >= 15 is 0 Å². The number of rotatable bonds is 4. The fourth-order valence-corrected chi connectivity index (χ4v) is 4.84. The van der Waals surface area contributed by atoms with Crippen LogP contribution in [-0.4, -0.2) is 63.1 Å². The molecule has 25 heavy (non-hydrogen) atoms. The summed E-state index contributed by atoms with van der Waals surface area (Å²) < 4.78 is 7.92. The maximum Gasteiger partial charge on any atom is 0.223 e. The van der Waals surface area contributed by atoms with E-state index in [-0.39, 0.29) is 11.6 Å².